The van der Waals surface area contributed by atoms with Crippen molar-refractivity contribution in [1.82, 2.24) is 13.6 Å². The van der Waals surface area contributed by atoms with Crippen LogP contribution in [0.2, 0.25) is 0 Å². The average Bonchev–Trinajstić information content (AvgIpc) is 2.77. The number of rotatable bonds is 2. The zero-order valence-electron chi connectivity index (χ0n) is 7.22. The molecule has 2 fully saturated rings. The van der Waals surface area contributed by atoms with Gasteiger partial charge in [0.05, 0.1) is 11.7 Å². The van der Waals surface area contributed by atoms with Gasteiger partial charge in [0, 0.05) is 19.5 Å². The zero-order chi connectivity index (χ0) is 8.67. The summed E-state index contributed by atoms with van der Waals surface area (Å²) in [6.45, 7) is 2.40. The summed E-state index contributed by atoms with van der Waals surface area (Å²) in [6, 6.07) is 0. The third kappa shape index (κ3) is 1.32. The van der Waals surface area contributed by atoms with E-state index in [0.717, 1.165) is 12.3 Å². The zero-order valence-corrected chi connectivity index (χ0v) is 8.04. The maximum Gasteiger partial charge on any atom is 0.247 e. The molecule has 2 bridgehead atoms. The quantitative estimate of drug-likeness (QED) is 0.708. The normalized spacial score (nSPS) is 36.8. The van der Waals surface area contributed by atoms with Crippen LogP contribution in [-0.2, 0) is 0 Å². The Kier molecular flexibility index (Phi) is 1.73. The Morgan fingerprint density at radius 3 is 3.23 bits per heavy atom. The van der Waals surface area contributed by atoms with Gasteiger partial charge in [-0.15, -0.1) is 4.37 Å². The molecule has 0 N–H and O–H groups in total. The molecule has 3 atom stereocenters. The molecule has 70 valence electrons. The van der Waals surface area contributed by atoms with Crippen LogP contribution in [-0.4, -0.2) is 33.0 Å². The van der Waals surface area contributed by atoms with Gasteiger partial charge in [-0.2, -0.15) is 4.37 Å². The fraction of sp³-hybridized carbons (Fsp3) is 0.750. The molecule has 2 aliphatic heterocycles. The second-order valence-electron chi connectivity index (χ2n) is 3.70. The van der Waals surface area contributed by atoms with Gasteiger partial charge in [0.15, 0.2) is 6.23 Å². The van der Waals surface area contributed by atoms with Crippen LogP contribution in [0.4, 0.5) is 0 Å². The largest absolute Gasteiger partial charge is 0.457 e. The summed E-state index contributed by atoms with van der Waals surface area (Å²) in [7, 11) is 0. The maximum atomic E-state index is 5.71. The van der Waals surface area contributed by atoms with Crippen molar-refractivity contribution in [3.8, 4) is 5.88 Å². The Balaban J connectivity index is 1.68. The van der Waals surface area contributed by atoms with Crippen molar-refractivity contribution in [2.24, 2.45) is 5.92 Å². The Morgan fingerprint density at radius 2 is 2.62 bits per heavy atom. The number of ether oxygens (including phenoxy) is 1. The van der Waals surface area contributed by atoms with Gasteiger partial charge >= 0.3 is 0 Å². The number of piperidine rings is 1. The highest BCUT2D eigenvalue weighted by Crippen LogP contribution is 2.33. The third-order valence-electron chi connectivity index (χ3n) is 2.86. The lowest BCUT2D eigenvalue weighted by molar-refractivity contribution is 0.0520. The molecule has 0 spiro atoms. The van der Waals surface area contributed by atoms with E-state index >= 15 is 0 Å². The number of nitrogens with zero attached hydrogens (tertiary/aromatic N) is 3. The van der Waals surface area contributed by atoms with Gasteiger partial charge in [-0.1, -0.05) is 0 Å². The van der Waals surface area contributed by atoms with Crippen molar-refractivity contribution in [2.75, 3.05) is 13.1 Å². The molecule has 13 heavy (non-hydrogen) atoms. The van der Waals surface area contributed by atoms with Crippen molar-refractivity contribution in [3.63, 3.8) is 0 Å². The molecule has 2 saturated heterocycles. The minimum Gasteiger partial charge on any atom is -0.457 e. The first kappa shape index (κ1) is 7.70. The lowest BCUT2D eigenvalue weighted by atomic mass is 10.1. The van der Waals surface area contributed by atoms with Crippen LogP contribution >= 0.6 is 11.7 Å². The van der Waals surface area contributed by atoms with Crippen molar-refractivity contribution in [1.29, 1.82) is 0 Å². The minimum absolute atomic E-state index is 0.266. The molecule has 5 heteroatoms. The summed E-state index contributed by atoms with van der Waals surface area (Å²) < 4.78 is 13.7. The molecular weight excluding hydrogens is 186 g/mol. The smallest absolute Gasteiger partial charge is 0.247 e. The highest BCUT2D eigenvalue weighted by molar-refractivity contribution is 6.99. The van der Waals surface area contributed by atoms with E-state index in [1.54, 1.807) is 6.20 Å². The molecule has 3 rings (SSSR count). The van der Waals surface area contributed by atoms with E-state index in [-0.39, 0.29) is 6.23 Å². The summed E-state index contributed by atoms with van der Waals surface area (Å²) in [5.41, 5.74) is 0. The standard InChI is InChI=1S/C8H11N3OS/c1-2-11-5-6(1)3-8(11)12-7-4-9-13-10-7/h4,6,8H,1-3,5H2. The predicted octanol–water partition coefficient (Wildman–Crippen LogP) is 0.969. The lowest BCUT2D eigenvalue weighted by Crippen LogP contribution is -2.34. The SMILES string of the molecule is c1nsnc1OC1CC2CCN1C2. The molecule has 1 aromatic heterocycles. The van der Waals surface area contributed by atoms with Crippen molar-refractivity contribution in [3.05, 3.63) is 6.20 Å². The van der Waals surface area contributed by atoms with Crippen LogP contribution in [0.1, 0.15) is 12.8 Å². The Labute approximate surface area is 80.8 Å². The average molecular weight is 197 g/mol. The van der Waals surface area contributed by atoms with E-state index in [9.17, 15) is 0 Å². The highest BCUT2D eigenvalue weighted by Gasteiger charge is 2.38. The third-order valence-corrected chi connectivity index (χ3v) is 3.32. The van der Waals surface area contributed by atoms with Crippen LogP contribution in [0.15, 0.2) is 6.20 Å². The van der Waals surface area contributed by atoms with Gasteiger partial charge in [0.25, 0.3) is 0 Å². The molecule has 0 saturated carbocycles. The molecule has 4 nitrogen and oxygen atoms in total. The Bertz CT molecular complexity index is 290. The molecular formula is C8H11N3OS. The molecule has 2 aliphatic rings. The molecule has 0 radical (unpaired) electrons. The van der Waals surface area contributed by atoms with E-state index in [0.29, 0.717) is 5.88 Å². The lowest BCUT2D eigenvalue weighted by Gasteiger charge is -2.23. The summed E-state index contributed by atoms with van der Waals surface area (Å²) in [5, 5.41) is 0. The monoisotopic (exact) mass is 197 g/mol. The summed E-state index contributed by atoms with van der Waals surface area (Å²) in [6.07, 6.45) is 4.47. The van der Waals surface area contributed by atoms with Gasteiger partial charge in [-0.05, 0) is 12.3 Å². The van der Waals surface area contributed by atoms with Gasteiger partial charge in [-0.25, -0.2) is 0 Å². The predicted molar refractivity (Wildman–Crippen MR) is 48.6 cm³/mol. The van der Waals surface area contributed by atoms with Crippen LogP contribution in [0.3, 0.4) is 0 Å². The molecule has 0 aromatic carbocycles. The van der Waals surface area contributed by atoms with Crippen molar-refractivity contribution in [2.45, 2.75) is 19.1 Å². The van der Waals surface area contributed by atoms with Crippen molar-refractivity contribution >= 4 is 11.7 Å². The number of hydrogen-bond donors (Lipinski definition) is 0. The van der Waals surface area contributed by atoms with Crippen LogP contribution < -0.4 is 4.74 Å². The van der Waals surface area contributed by atoms with E-state index in [2.05, 4.69) is 13.6 Å². The van der Waals surface area contributed by atoms with Gasteiger partial charge < -0.3 is 4.74 Å². The number of aromatic nitrogens is 2. The first-order valence-electron chi connectivity index (χ1n) is 4.60. The number of hydrogen-bond acceptors (Lipinski definition) is 5. The summed E-state index contributed by atoms with van der Waals surface area (Å²) >= 11 is 1.20. The first-order valence-corrected chi connectivity index (χ1v) is 5.33. The molecule has 3 heterocycles. The van der Waals surface area contributed by atoms with Crippen LogP contribution in [0, 0.1) is 5.92 Å². The highest BCUT2D eigenvalue weighted by atomic mass is 32.1. The Hall–Kier alpha value is -0.680. The van der Waals surface area contributed by atoms with Crippen LogP contribution in [0.5, 0.6) is 5.88 Å². The summed E-state index contributed by atoms with van der Waals surface area (Å²) in [4.78, 5) is 2.39. The number of fused-ring (bicyclic) bond motifs is 2. The van der Waals surface area contributed by atoms with E-state index < -0.39 is 0 Å². The van der Waals surface area contributed by atoms with Gasteiger partial charge in [0.1, 0.15) is 6.20 Å². The molecule has 1 aromatic rings. The van der Waals surface area contributed by atoms with E-state index in [1.165, 1.54) is 31.2 Å². The van der Waals surface area contributed by atoms with E-state index in [4.69, 9.17) is 4.74 Å². The topological polar surface area (TPSA) is 38.3 Å². The van der Waals surface area contributed by atoms with Gasteiger partial charge in [0.2, 0.25) is 5.88 Å². The second-order valence-corrected chi connectivity index (χ2v) is 4.26. The van der Waals surface area contributed by atoms with Gasteiger partial charge in [-0.3, -0.25) is 4.90 Å². The second kappa shape index (κ2) is 2.92. The first-order chi connectivity index (χ1) is 6.42. The molecule has 3 unspecified atom stereocenters. The maximum absolute atomic E-state index is 5.71. The fourth-order valence-corrected chi connectivity index (χ4v) is 2.58. The van der Waals surface area contributed by atoms with Crippen molar-refractivity contribution < 1.29 is 4.74 Å². The fourth-order valence-electron chi connectivity index (χ4n) is 2.22. The minimum atomic E-state index is 0.266. The molecule has 0 aliphatic carbocycles. The van der Waals surface area contributed by atoms with E-state index in [1.807, 2.05) is 0 Å². The summed E-state index contributed by atoms with van der Waals surface area (Å²) in [5.74, 6) is 1.54. The van der Waals surface area contributed by atoms with Crippen LogP contribution in [0.25, 0.3) is 0 Å². The Morgan fingerprint density at radius 1 is 1.62 bits per heavy atom. The molecule has 0 amide bonds.